The van der Waals surface area contributed by atoms with Gasteiger partial charge in [0.2, 0.25) is 0 Å². The summed E-state index contributed by atoms with van der Waals surface area (Å²) in [7, 11) is 0. The van der Waals surface area contributed by atoms with E-state index in [1.54, 1.807) is 11.3 Å². The van der Waals surface area contributed by atoms with Crippen molar-refractivity contribution in [2.75, 3.05) is 0 Å². The van der Waals surface area contributed by atoms with E-state index in [1.165, 1.54) is 19.3 Å². The van der Waals surface area contributed by atoms with Crippen molar-refractivity contribution >= 4 is 23.2 Å². The van der Waals surface area contributed by atoms with Crippen LogP contribution in [0.3, 0.4) is 0 Å². The van der Waals surface area contributed by atoms with Gasteiger partial charge in [-0.25, -0.2) is 0 Å². The fraction of sp³-hybridized carbons (Fsp3) is 0.483. The van der Waals surface area contributed by atoms with Gasteiger partial charge in [-0.05, 0) is 84.9 Å². The van der Waals surface area contributed by atoms with E-state index in [1.807, 2.05) is 48.0 Å². The number of hydrogen-bond acceptors (Lipinski definition) is 5. The Bertz CT molecular complexity index is 1230. The molecule has 0 spiro atoms. The first-order chi connectivity index (χ1) is 16.6. The monoisotopic (exact) mass is 465 g/mol. The number of thiophene rings is 1. The van der Waals surface area contributed by atoms with Gasteiger partial charge < -0.3 is 4.90 Å². The normalized spacial score (nSPS) is 38.1. The molecule has 4 bridgehead atoms. The van der Waals surface area contributed by atoms with Crippen molar-refractivity contribution in [1.29, 1.82) is 10.5 Å². The van der Waals surface area contributed by atoms with Crippen molar-refractivity contribution in [3.8, 4) is 12.1 Å². The lowest BCUT2D eigenvalue weighted by atomic mass is 9.47. The zero-order chi connectivity index (χ0) is 23.1. The second kappa shape index (κ2) is 7.06. The van der Waals surface area contributed by atoms with Crippen LogP contribution in [-0.4, -0.2) is 16.7 Å². The van der Waals surface area contributed by atoms with Gasteiger partial charge in [-0.15, -0.1) is 11.3 Å². The molecule has 1 saturated heterocycles. The van der Waals surface area contributed by atoms with E-state index in [9.17, 15) is 15.3 Å². The number of ketones is 1. The third-order valence-corrected chi connectivity index (χ3v) is 10.6. The van der Waals surface area contributed by atoms with Crippen molar-refractivity contribution in [2.45, 2.75) is 56.5 Å². The molecule has 0 N–H and O–H groups in total. The lowest BCUT2D eigenvalue weighted by Gasteiger charge is -2.57. The Morgan fingerprint density at radius 1 is 0.971 bits per heavy atom. The third kappa shape index (κ3) is 2.54. The number of benzene rings is 1. The molecular formula is C29H27N3OS. The molecule has 1 aromatic carbocycles. The van der Waals surface area contributed by atoms with Crippen molar-refractivity contribution in [3.05, 3.63) is 64.0 Å². The fourth-order valence-electron chi connectivity index (χ4n) is 8.80. The Hall–Kier alpha value is -2.89. The quantitative estimate of drug-likeness (QED) is 0.552. The van der Waals surface area contributed by atoms with Gasteiger partial charge in [0, 0.05) is 16.5 Å². The molecule has 170 valence electrons. The number of carbonyl (C=O) groups is 1. The van der Waals surface area contributed by atoms with Crippen molar-refractivity contribution in [1.82, 2.24) is 4.90 Å². The van der Waals surface area contributed by atoms with Crippen LogP contribution in [0.15, 0.2) is 48.0 Å². The Morgan fingerprint density at radius 3 is 2.26 bits per heavy atom. The van der Waals surface area contributed by atoms with E-state index >= 15 is 0 Å². The molecule has 3 heterocycles. The maximum atomic E-state index is 14.8. The highest BCUT2D eigenvalue weighted by Gasteiger charge is 2.67. The first-order valence-electron chi connectivity index (χ1n) is 12.5. The first kappa shape index (κ1) is 20.5. The third-order valence-electron chi connectivity index (χ3n) is 9.62. The molecular weight excluding hydrogens is 438 g/mol. The zero-order valence-electron chi connectivity index (χ0n) is 19.1. The van der Waals surface area contributed by atoms with Crippen molar-refractivity contribution in [2.24, 2.45) is 28.6 Å². The summed E-state index contributed by atoms with van der Waals surface area (Å²) in [6.07, 6.45) is 10.9. The number of nitriles is 2. The van der Waals surface area contributed by atoms with Crippen LogP contribution in [0.5, 0.6) is 0 Å². The summed E-state index contributed by atoms with van der Waals surface area (Å²) in [6, 6.07) is 16.1. The van der Waals surface area contributed by atoms with Gasteiger partial charge in [-0.1, -0.05) is 30.3 Å². The average Bonchev–Trinajstić information content (AvgIpc) is 3.47. The van der Waals surface area contributed by atoms with E-state index in [0.29, 0.717) is 23.5 Å². The summed E-state index contributed by atoms with van der Waals surface area (Å²) in [5.74, 6) is 1.85. The Morgan fingerprint density at radius 2 is 1.65 bits per heavy atom. The summed E-state index contributed by atoms with van der Waals surface area (Å²) in [5, 5.41) is 23.3. The Balaban J connectivity index is 1.42. The van der Waals surface area contributed by atoms with Crippen molar-refractivity contribution in [3.63, 3.8) is 0 Å². The average molecular weight is 466 g/mol. The van der Waals surface area contributed by atoms with Crippen molar-refractivity contribution < 1.29 is 4.79 Å². The Kier molecular flexibility index (Phi) is 4.25. The maximum Gasteiger partial charge on any atom is 0.178 e. The molecule has 1 unspecified atom stereocenters. The summed E-state index contributed by atoms with van der Waals surface area (Å²) in [4.78, 5) is 17.9. The van der Waals surface area contributed by atoms with Crippen LogP contribution in [0.4, 0.5) is 0 Å². The fourth-order valence-corrected chi connectivity index (χ4v) is 9.73. The number of fused-ring (bicyclic) bond motifs is 3. The summed E-state index contributed by atoms with van der Waals surface area (Å²) >= 11 is 1.57. The number of rotatable bonds is 3. The standard InChI is InChI=1S/C29H27N3OS/c30-16-29(17-31)24(23-6-3-9-34-23)25(32-8-7-21-4-1-2-5-22(21)26(29)32)27(33)28-13-18-10-19(14-28)12-20(11-18)15-28/h1-9,18-20,24-26H,10-15H2/t18?,19?,20?,24-,25+,26?,28?/m1/s1. The Labute approximate surface area is 204 Å². The topological polar surface area (TPSA) is 67.9 Å². The first-order valence-corrected chi connectivity index (χ1v) is 13.4. The van der Waals surface area contributed by atoms with Crippen LogP contribution in [0.25, 0.3) is 6.08 Å². The number of hydrogen-bond donors (Lipinski definition) is 0. The minimum Gasteiger partial charge on any atom is -0.357 e. The van der Waals surface area contributed by atoms with Crippen LogP contribution in [0.2, 0.25) is 0 Å². The molecule has 4 aliphatic carbocycles. The summed E-state index contributed by atoms with van der Waals surface area (Å²) < 4.78 is 0. The predicted octanol–water partition coefficient (Wildman–Crippen LogP) is 6.06. The van der Waals surface area contributed by atoms with Crippen LogP contribution in [0.1, 0.15) is 66.5 Å². The highest BCUT2D eigenvalue weighted by Crippen LogP contribution is 2.65. The van der Waals surface area contributed by atoms with Gasteiger partial charge in [-0.2, -0.15) is 10.5 Å². The number of carbonyl (C=O) groups excluding carboxylic acids is 1. The van der Waals surface area contributed by atoms with Gasteiger partial charge >= 0.3 is 0 Å². The molecule has 8 rings (SSSR count). The van der Waals surface area contributed by atoms with E-state index in [4.69, 9.17) is 0 Å². The lowest BCUT2D eigenvalue weighted by Crippen LogP contribution is -2.55. The molecule has 6 aliphatic rings. The van der Waals surface area contributed by atoms with Gasteiger partial charge in [0.1, 0.15) is 0 Å². The summed E-state index contributed by atoms with van der Waals surface area (Å²) in [5.41, 5.74) is 0.404. The second-order valence-electron chi connectivity index (χ2n) is 11.4. The number of Topliss-reactive ketones (excluding diaryl/α,β-unsaturated/α-hetero) is 1. The number of nitrogens with zero attached hydrogens (tertiary/aromatic N) is 3. The van der Waals surface area contributed by atoms with E-state index < -0.39 is 23.4 Å². The molecule has 34 heavy (non-hydrogen) atoms. The molecule has 1 aromatic heterocycles. The molecule has 4 saturated carbocycles. The highest BCUT2D eigenvalue weighted by molar-refractivity contribution is 7.10. The molecule has 4 nitrogen and oxygen atoms in total. The summed E-state index contributed by atoms with van der Waals surface area (Å²) in [6.45, 7) is 0. The molecule has 5 heteroatoms. The van der Waals surface area contributed by atoms with Gasteiger partial charge in [0.15, 0.2) is 11.2 Å². The maximum absolute atomic E-state index is 14.8. The van der Waals surface area contributed by atoms with E-state index in [2.05, 4.69) is 23.1 Å². The minimum atomic E-state index is -1.33. The largest absolute Gasteiger partial charge is 0.357 e. The van der Waals surface area contributed by atoms with Gasteiger partial charge in [-0.3, -0.25) is 4.79 Å². The van der Waals surface area contributed by atoms with Crippen LogP contribution < -0.4 is 0 Å². The van der Waals surface area contributed by atoms with E-state index in [0.717, 1.165) is 35.3 Å². The predicted molar refractivity (Wildman–Crippen MR) is 130 cm³/mol. The molecule has 2 aromatic rings. The SMILES string of the molecule is N#CC1(C#N)C2c3ccccc3C=CN2[C@H](C(=O)C23CC4CC(CC(C4)C2)C3)[C@H]1c1cccs1. The van der Waals surface area contributed by atoms with Crippen LogP contribution in [0, 0.1) is 51.2 Å². The molecule has 3 atom stereocenters. The molecule has 5 fully saturated rings. The van der Waals surface area contributed by atoms with E-state index in [-0.39, 0.29) is 5.41 Å². The smallest absolute Gasteiger partial charge is 0.178 e. The van der Waals surface area contributed by atoms with Crippen LogP contribution >= 0.6 is 11.3 Å². The molecule has 0 radical (unpaired) electrons. The second-order valence-corrected chi connectivity index (χ2v) is 12.4. The zero-order valence-corrected chi connectivity index (χ0v) is 19.9. The molecule has 2 aliphatic heterocycles. The minimum absolute atomic E-state index is 0.286. The van der Waals surface area contributed by atoms with Crippen LogP contribution in [-0.2, 0) is 4.79 Å². The van der Waals surface area contributed by atoms with Gasteiger partial charge in [0.25, 0.3) is 0 Å². The molecule has 0 amide bonds. The van der Waals surface area contributed by atoms with Gasteiger partial charge in [0.05, 0.1) is 30.1 Å². The lowest BCUT2D eigenvalue weighted by molar-refractivity contribution is -0.148. The highest BCUT2D eigenvalue weighted by atomic mass is 32.1.